The van der Waals surface area contributed by atoms with E-state index in [2.05, 4.69) is 21.3 Å². The summed E-state index contributed by atoms with van der Waals surface area (Å²) in [6, 6.07) is -7.73. The molecule has 0 rings (SSSR count). The van der Waals surface area contributed by atoms with Gasteiger partial charge in [-0.2, -0.15) is 0 Å². The maximum Gasteiger partial charge on any atom is 0.328 e. The van der Waals surface area contributed by atoms with Crippen LogP contribution in [0.2, 0.25) is 0 Å². The van der Waals surface area contributed by atoms with E-state index in [1.54, 1.807) is 41.5 Å². The van der Waals surface area contributed by atoms with Gasteiger partial charge in [-0.3, -0.25) is 28.8 Å². The van der Waals surface area contributed by atoms with E-state index in [0.29, 0.717) is 0 Å². The molecule has 10 N–H and O–H groups in total. The molecule has 16 nitrogen and oxygen atoms in total. The Balaban J connectivity index is 6.01. The van der Waals surface area contributed by atoms with Gasteiger partial charge in [0.15, 0.2) is 0 Å². The molecule has 0 spiro atoms. The van der Waals surface area contributed by atoms with Gasteiger partial charge in [-0.25, -0.2) is 4.79 Å². The number of carboxylic acids is 2. The second kappa shape index (κ2) is 19.6. The lowest BCUT2D eigenvalue weighted by atomic mass is 9.97. The van der Waals surface area contributed by atoms with E-state index in [-0.39, 0.29) is 30.6 Å². The monoisotopic (exact) mass is 644 g/mol. The Morgan fingerprint density at radius 1 is 0.556 bits per heavy atom. The Bertz CT molecular complexity index is 1050. The zero-order valence-electron chi connectivity index (χ0n) is 27.4. The van der Waals surface area contributed by atoms with Crippen molar-refractivity contribution in [3.05, 3.63) is 0 Å². The molecule has 0 aromatic heterocycles. The number of hydrogen-bond acceptors (Lipinski definition) is 9. The van der Waals surface area contributed by atoms with Gasteiger partial charge in [0.25, 0.3) is 0 Å². The summed E-state index contributed by atoms with van der Waals surface area (Å²) < 4.78 is 0. The molecule has 0 fully saturated rings. The fraction of sp³-hybridized carbons (Fsp3) is 0.759. The number of aliphatic carboxylic acids is 2. The number of nitrogens with one attached hydrogen (secondary N) is 5. The maximum atomic E-state index is 13.5. The van der Waals surface area contributed by atoms with Gasteiger partial charge in [0.05, 0.1) is 19.1 Å². The molecule has 0 radical (unpaired) electrons. The van der Waals surface area contributed by atoms with E-state index in [1.807, 2.05) is 19.2 Å². The lowest BCUT2D eigenvalue weighted by Crippen LogP contribution is -2.60. The lowest BCUT2D eigenvalue weighted by Gasteiger charge is -2.29. The number of carboxylic acid groups (broad SMARTS) is 2. The van der Waals surface area contributed by atoms with Crippen LogP contribution in [0, 0.1) is 23.7 Å². The topological polar surface area (TPSA) is 266 Å². The fourth-order valence-electron chi connectivity index (χ4n) is 4.14. The van der Waals surface area contributed by atoms with Crippen molar-refractivity contribution in [1.29, 1.82) is 0 Å². The fourth-order valence-corrected chi connectivity index (χ4v) is 4.14. The summed E-state index contributed by atoms with van der Waals surface area (Å²) >= 11 is 0. The molecule has 0 aliphatic heterocycles. The third kappa shape index (κ3) is 15.2. The first-order valence-corrected chi connectivity index (χ1v) is 15.0. The van der Waals surface area contributed by atoms with Crippen LogP contribution >= 0.6 is 0 Å². The molecular formula is C29H52N6O10. The molecule has 258 valence electrons. The highest BCUT2D eigenvalue weighted by Gasteiger charge is 2.35. The van der Waals surface area contributed by atoms with Gasteiger partial charge in [-0.1, -0.05) is 55.4 Å². The first-order chi connectivity index (χ1) is 20.7. The van der Waals surface area contributed by atoms with Gasteiger partial charge in [-0.05, 0) is 36.5 Å². The highest BCUT2D eigenvalue weighted by molar-refractivity contribution is 5.97. The zero-order chi connectivity index (χ0) is 35.2. The summed E-state index contributed by atoms with van der Waals surface area (Å²) in [5.74, 6) is -7.82. The first-order valence-electron chi connectivity index (χ1n) is 15.0. The Hall–Kier alpha value is -3.79. The van der Waals surface area contributed by atoms with Crippen LogP contribution in [0.25, 0.3) is 0 Å². The van der Waals surface area contributed by atoms with E-state index in [4.69, 9.17) is 10.8 Å². The van der Waals surface area contributed by atoms with E-state index in [9.17, 15) is 43.8 Å². The summed E-state index contributed by atoms with van der Waals surface area (Å²) in [5.41, 5.74) is 5.94. The van der Waals surface area contributed by atoms with Crippen LogP contribution in [-0.4, -0.2) is 99.7 Å². The molecule has 0 bridgehead atoms. The summed E-state index contributed by atoms with van der Waals surface area (Å²) in [6.07, 6.45) is -0.587. The Morgan fingerprint density at radius 2 is 0.956 bits per heavy atom. The zero-order valence-corrected chi connectivity index (χ0v) is 27.4. The molecule has 0 aliphatic rings. The summed E-state index contributed by atoms with van der Waals surface area (Å²) in [7, 11) is 0. The second-order valence-corrected chi connectivity index (χ2v) is 12.6. The van der Waals surface area contributed by atoms with Crippen LogP contribution in [0.3, 0.4) is 0 Å². The molecule has 0 aromatic rings. The van der Waals surface area contributed by atoms with Gasteiger partial charge in [0, 0.05) is 0 Å². The second-order valence-electron chi connectivity index (χ2n) is 12.6. The van der Waals surface area contributed by atoms with Crippen molar-refractivity contribution < 1.29 is 48.9 Å². The van der Waals surface area contributed by atoms with Crippen molar-refractivity contribution in [3.63, 3.8) is 0 Å². The van der Waals surface area contributed by atoms with Gasteiger partial charge >= 0.3 is 11.9 Å². The number of carbonyl (C=O) groups is 7. The number of carbonyl (C=O) groups excluding carboxylic acids is 5. The summed E-state index contributed by atoms with van der Waals surface area (Å²) in [6.45, 7) is 13.1. The van der Waals surface area contributed by atoms with Crippen LogP contribution in [-0.2, 0) is 33.6 Å². The summed E-state index contributed by atoms with van der Waals surface area (Å²) in [5, 5.41) is 39.7. The molecule has 0 saturated carbocycles. The largest absolute Gasteiger partial charge is 0.481 e. The quantitative estimate of drug-likeness (QED) is 0.0751. The smallest absolute Gasteiger partial charge is 0.328 e. The number of aliphatic hydroxyl groups excluding tert-OH is 1. The van der Waals surface area contributed by atoms with Crippen molar-refractivity contribution in [2.75, 3.05) is 6.61 Å². The molecular weight excluding hydrogens is 592 g/mol. The van der Waals surface area contributed by atoms with Crippen molar-refractivity contribution in [3.8, 4) is 0 Å². The minimum absolute atomic E-state index is 0.000809. The van der Waals surface area contributed by atoms with E-state index < -0.39 is 96.7 Å². The molecule has 45 heavy (non-hydrogen) atoms. The minimum Gasteiger partial charge on any atom is -0.481 e. The van der Waals surface area contributed by atoms with E-state index in [1.165, 1.54) is 0 Å². The maximum absolute atomic E-state index is 13.5. The SMILES string of the molecule is CC(C)C[C@H](NC(=O)[C@@H](N)C(C)C)C(=O)N[C@H](C(=O)N[C@@H](CC(C)C)C(=O)N[C@@H](CC(=O)O)C(=O)N[C@@H](CO)C(=O)O)C(C)C. The van der Waals surface area contributed by atoms with Gasteiger partial charge in [-0.15, -0.1) is 0 Å². The summed E-state index contributed by atoms with van der Waals surface area (Å²) in [4.78, 5) is 87.9. The standard InChI is InChI=1S/C29H52N6O10/c1-13(2)9-17(24(39)31-19(11-21(37)38)25(40)34-20(12-36)29(44)45)33-28(43)23(16(7)8)35-26(41)18(10-14(3)4)32-27(42)22(30)15(5)6/h13-20,22-23,36H,9-12,30H2,1-8H3,(H,31,39)(H,32,42)(H,33,43)(H,34,40)(H,35,41)(H,37,38)(H,44,45)/t17-,18-,19-,20-,22-,23-/m0/s1. The van der Waals surface area contributed by atoms with Crippen LogP contribution in [0.5, 0.6) is 0 Å². The van der Waals surface area contributed by atoms with Crippen LogP contribution in [0.4, 0.5) is 0 Å². The third-order valence-corrected chi connectivity index (χ3v) is 6.76. The highest BCUT2D eigenvalue weighted by atomic mass is 16.4. The number of amides is 5. The number of rotatable bonds is 20. The molecule has 0 aromatic carbocycles. The molecule has 0 saturated heterocycles. The predicted octanol–water partition coefficient (Wildman–Crippen LogP) is -1.31. The predicted molar refractivity (Wildman–Crippen MR) is 163 cm³/mol. The van der Waals surface area contributed by atoms with Gasteiger partial charge in [0.2, 0.25) is 29.5 Å². The lowest BCUT2D eigenvalue weighted by molar-refractivity contribution is -0.144. The third-order valence-electron chi connectivity index (χ3n) is 6.76. The van der Waals surface area contributed by atoms with Crippen molar-refractivity contribution in [1.82, 2.24) is 26.6 Å². The molecule has 16 heteroatoms. The Morgan fingerprint density at radius 3 is 1.33 bits per heavy atom. The van der Waals surface area contributed by atoms with Gasteiger partial charge < -0.3 is 47.6 Å². The van der Waals surface area contributed by atoms with E-state index in [0.717, 1.165) is 0 Å². The van der Waals surface area contributed by atoms with Crippen molar-refractivity contribution in [2.45, 2.75) is 111 Å². The molecule has 5 amide bonds. The minimum atomic E-state index is -1.74. The Kier molecular flexibility index (Phi) is 17.9. The highest BCUT2D eigenvalue weighted by Crippen LogP contribution is 2.11. The number of nitrogens with two attached hydrogens (primary N) is 1. The van der Waals surface area contributed by atoms with Gasteiger partial charge in [0.1, 0.15) is 30.2 Å². The van der Waals surface area contributed by atoms with Crippen LogP contribution in [0.15, 0.2) is 0 Å². The molecule has 6 atom stereocenters. The van der Waals surface area contributed by atoms with Crippen LogP contribution in [0.1, 0.15) is 74.7 Å². The average Bonchev–Trinajstić information content (AvgIpc) is 2.91. The van der Waals surface area contributed by atoms with Crippen molar-refractivity contribution in [2.24, 2.45) is 29.4 Å². The normalized spacial score (nSPS) is 15.4. The van der Waals surface area contributed by atoms with Crippen molar-refractivity contribution >= 4 is 41.5 Å². The first kappa shape index (κ1) is 41.2. The van der Waals surface area contributed by atoms with Crippen LogP contribution < -0.4 is 32.3 Å². The molecule has 0 aliphatic carbocycles. The van der Waals surface area contributed by atoms with E-state index >= 15 is 0 Å². The number of aliphatic hydroxyl groups is 1. The molecule has 0 heterocycles. The average molecular weight is 645 g/mol. The molecule has 0 unspecified atom stereocenters. The Labute approximate surface area is 264 Å². The number of hydrogen-bond donors (Lipinski definition) is 9.